The van der Waals surface area contributed by atoms with Gasteiger partial charge >= 0.3 is 0 Å². The second kappa shape index (κ2) is 6.51. The first-order valence-electron chi connectivity index (χ1n) is 6.68. The maximum absolute atomic E-state index is 13.3. The lowest BCUT2D eigenvalue weighted by molar-refractivity contribution is 0.271. The lowest BCUT2D eigenvalue weighted by Crippen LogP contribution is -2.26. The number of rotatable bonds is 3. The molecule has 0 aromatic heterocycles. The van der Waals surface area contributed by atoms with Crippen LogP contribution in [0.15, 0.2) is 22.7 Å². The molecule has 3 unspecified atom stereocenters. The van der Waals surface area contributed by atoms with E-state index in [9.17, 15) is 4.39 Å². The maximum atomic E-state index is 13.3. The Hall–Kier alpha value is 0.110. The van der Waals surface area contributed by atoms with Crippen molar-refractivity contribution in [3.05, 3.63) is 34.1 Å². The Labute approximate surface area is 126 Å². The smallest absolute Gasteiger partial charge is 0.123 e. The van der Waals surface area contributed by atoms with Crippen molar-refractivity contribution in [3.63, 3.8) is 0 Å². The average Bonchev–Trinajstić information content (AvgIpc) is 2.36. The van der Waals surface area contributed by atoms with Gasteiger partial charge in [-0.1, -0.05) is 45.2 Å². The van der Waals surface area contributed by atoms with E-state index < -0.39 is 0 Å². The molecule has 3 heteroatoms. The molecule has 0 radical (unpaired) electrons. The van der Waals surface area contributed by atoms with Gasteiger partial charge in [-0.15, -0.1) is 0 Å². The summed E-state index contributed by atoms with van der Waals surface area (Å²) in [6.45, 7) is 2.27. The monoisotopic (exact) mass is 376 g/mol. The van der Waals surface area contributed by atoms with Gasteiger partial charge in [0, 0.05) is 9.30 Å². The molecule has 0 aliphatic heterocycles. The number of alkyl halides is 1. The van der Waals surface area contributed by atoms with Crippen molar-refractivity contribution >= 4 is 31.9 Å². The molecule has 0 amide bonds. The zero-order valence-electron chi connectivity index (χ0n) is 10.6. The largest absolute Gasteiger partial charge is 0.207 e. The van der Waals surface area contributed by atoms with Crippen LogP contribution in [-0.4, -0.2) is 4.83 Å². The van der Waals surface area contributed by atoms with Crippen LogP contribution in [0.1, 0.15) is 38.2 Å². The van der Waals surface area contributed by atoms with E-state index in [4.69, 9.17) is 0 Å². The molecule has 2 rings (SSSR count). The van der Waals surface area contributed by atoms with Crippen molar-refractivity contribution in [1.29, 1.82) is 0 Å². The molecule has 3 atom stereocenters. The quantitative estimate of drug-likeness (QED) is 0.591. The van der Waals surface area contributed by atoms with Gasteiger partial charge in [-0.2, -0.15) is 0 Å². The zero-order valence-corrected chi connectivity index (χ0v) is 13.8. The summed E-state index contributed by atoms with van der Waals surface area (Å²) in [5.41, 5.74) is 1.10. The van der Waals surface area contributed by atoms with Crippen LogP contribution in [0.25, 0.3) is 0 Å². The number of halogens is 3. The number of benzene rings is 1. The molecule has 1 saturated carbocycles. The van der Waals surface area contributed by atoms with Gasteiger partial charge in [-0.05, 0) is 61.3 Å². The van der Waals surface area contributed by atoms with Crippen LogP contribution in [0, 0.1) is 17.7 Å². The molecule has 0 N–H and O–H groups in total. The van der Waals surface area contributed by atoms with Gasteiger partial charge in [0.1, 0.15) is 5.82 Å². The highest BCUT2D eigenvalue weighted by Gasteiger charge is 2.28. The van der Waals surface area contributed by atoms with Gasteiger partial charge in [-0.3, -0.25) is 0 Å². The Morgan fingerprint density at radius 1 is 1.33 bits per heavy atom. The lowest BCUT2D eigenvalue weighted by Gasteiger charge is -2.33. The van der Waals surface area contributed by atoms with Crippen molar-refractivity contribution in [2.75, 3.05) is 0 Å². The molecule has 1 aromatic rings. The molecule has 0 spiro atoms. The lowest BCUT2D eigenvalue weighted by atomic mass is 9.77. The molecule has 1 aromatic carbocycles. The molecular formula is C15H19Br2F. The third-order valence-electron chi connectivity index (χ3n) is 4.07. The second-order valence-corrected chi connectivity index (χ2v) is 7.33. The van der Waals surface area contributed by atoms with E-state index in [2.05, 4.69) is 38.8 Å². The third kappa shape index (κ3) is 3.57. The summed E-state index contributed by atoms with van der Waals surface area (Å²) in [4.78, 5) is 0.579. The van der Waals surface area contributed by atoms with Crippen LogP contribution in [0.3, 0.4) is 0 Å². The van der Waals surface area contributed by atoms with Crippen molar-refractivity contribution in [2.45, 2.75) is 43.9 Å². The van der Waals surface area contributed by atoms with Crippen molar-refractivity contribution in [3.8, 4) is 0 Å². The highest BCUT2D eigenvalue weighted by atomic mass is 79.9. The van der Waals surface area contributed by atoms with Crippen LogP contribution in [0.2, 0.25) is 0 Å². The fraction of sp³-hybridized carbons (Fsp3) is 0.600. The van der Waals surface area contributed by atoms with E-state index in [1.807, 2.05) is 6.07 Å². The molecular weight excluding hydrogens is 359 g/mol. The Morgan fingerprint density at radius 2 is 2.11 bits per heavy atom. The fourth-order valence-electron chi connectivity index (χ4n) is 2.89. The van der Waals surface area contributed by atoms with Crippen LogP contribution in [0.5, 0.6) is 0 Å². The molecule has 0 heterocycles. The SMILES string of the molecule is CCC1CCC(Br)C(Cc2cc(F)ccc2Br)C1. The van der Waals surface area contributed by atoms with Crippen LogP contribution in [-0.2, 0) is 6.42 Å². The molecule has 1 aliphatic rings. The number of hydrogen-bond donors (Lipinski definition) is 0. The first kappa shape index (κ1) is 14.5. The van der Waals surface area contributed by atoms with E-state index in [1.54, 1.807) is 6.07 Å². The Balaban J connectivity index is 2.09. The summed E-state index contributed by atoms with van der Waals surface area (Å²) in [6, 6.07) is 4.99. The normalized spacial score (nSPS) is 28.3. The van der Waals surface area contributed by atoms with Gasteiger partial charge in [0.2, 0.25) is 0 Å². The van der Waals surface area contributed by atoms with Crippen LogP contribution in [0.4, 0.5) is 4.39 Å². The summed E-state index contributed by atoms with van der Waals surface area (Å²) in [5, 5.41) is 0. The first-order valence-corrected chi connectivity index (χ1v) is 8.39. The van der Waals surface area contributed by atoms with Gasteiger partial charge in [0.25, 0.3) is 0 Å². The first-order chi connectivity index (χ1) is 8.60. The van der Waals surface area contributed by atoms with E-state index in [1.165, 1.54) is 31.7 Å². The standard InChI is InChI=1S/C15H19Br2F/c1-2-10-3-5-14(16)11(7-10)8-12-9-13(18)4-6-15(12)17/h4,6,9-11,14H,2-3,5,7-8H2,1H3. The molecule has 0 saturated heterocycles. The van der Waals surface area contributed by atoms with Gasteiger partial charge in [0.05, 0.1) is 0 Å². The fourth-order valence-corrected chi connectivity index (χ4v) is 3.96. The summed E-state index contributed by atoms with van der Waals surface area (Å²) in [7, 11) is 0. The molecule has 1 aliphatic carbocycles. The molecule has 1 fully saturated rings. The highest BCUT2D eigenvalue weighted by Crippen LogP contribution is 2.38. The van der Waals surface area contributed by atoms with Gasteiger partial charge in [0.15, 0.2) is 0 Å². The van der Waals surface area contributed by atoms with Crippen molar-refractivity contribution in [2.24, 2.45) is 11.8 Å². The van der Waals surface area contributed by atoms with E-state index in [0.29, 0.717) is 10.7 Å². The molecule has 0 nitrogen and oxygen atoms in total. The molecule has 100 valence electrons. The highest BCUT2D eigenvalue weighted by molar-refractivity contribution is 9.10. The van der Waals surface area contributed by atoms with Gasteiger partial charge in [-0.25, -0.2) is 4.39 Å². The minimum Gasteiger partial charge on any atom is -0.207 e. The molecule has 0 bridgehead atoms. The van der Waals surface area contributed by atoms with E-state index in [-0.39, 0.29) is 5.82 Å². The average molecular weight is 378 g/mol. The van der Waals surface area contributed by atoms with Crippen LogP contribution >= 0.6 is 31.9 Å². The summed E-state index contributed by atoms with van der Waals surface area (Å²) >= 11 is 7.33. The Bertz CT molecular complexity index is 405. The summed E-state index contributed by atoms with van der Waals surface area (Å²) < 4.78 is 14.3. The zero-order chi connectivity index (χ0) is 13.1. The Morgan fingerprint density at radius 3 is 2.83 bits per heavy atom. The van der Waals surface area contributed by atoms with Gasteiger partial charge < -0.3 is 0 Å². The van der Waals surface area contributed by atoms with Crippen LogP contribution < -0.4 is 0 Å². The minimum absolute atomic E-state index is 0.137. The predicted molar refractivity (Wildman–Crippen MR) is 81.6 cm³/mol. The topological polar surface area (TPSA) is 0 Å². The predicted octanol–water partition coefficient (Wildman–Crippen LogP) is 5.72. The second-order valence-electron chi connectivity index (χ2n) is 5.30. The van der Waals surface area contributed by atoms with Crippen molar-refractivity contribution in [1.82, 2.24) is 0 Å². The summed E-state index contributed by atoms with van der Waals surface area (Å²) in [5.74, 6) is 1.33. The molecule has 18 heavy (non-hydrogen) atoms. The van der Waals surface area contributed by atoms with E-state index in [0.717, 1.165) is 22.4 Å². The summed E-state index contributed by atoms with van der Waals surface area (Å²) in [6.07, 6.45) is 6.06. The van der Waals surface area contributed by atoms with E-state index >= 15 is 0 Å². The Kier molecular flexibility index (Phi) is 5.25. The van der Waals surface area contributed by atoms with Crippen molar-refractivity contribution < 1.29 is 4.39 Å². The number of hydrogen-bond acceptors (Lipinski definition) is 0. The maximum Gasteiger partial charge on any atom is 0.123 e. The minimum atomic E-state index is -0.137. The third-order valence-corrected chi connectivity index (χ3v) is 6.04.